The summed E-state index contributed by atoms with van der Waals surface area (Å²) >= 11 is 1.16. The summed E-state index contributed by atoms with van der Waals surface area (Å²) in [5, 5.41) is 2.77. The second-order valence-electron chi connectivity index (χ2n) is 5.74. The maximum atomic E-state index is 12.4. The molecule has 1 amide bonds. The molecule has 0 spiro atoms. The van der Waals surface area contributed by atoms with Crippen molar-refractivity contribution in [2.24, 2.45) is 0 Å². The van der Waals surface area contributed by atoms with Gasteiger partial charge >= 0.3 is 5.97 Å². The molecule has 0 aliphatic carbocycles. The summed E-state index contributed by atoms with van der Waals surface area (Å²) in [6, 6.07) is 5.83. The summed E-state index contributed by atoms with van der Waals surface area (Å²) in [4.78, 5) is 32.3. The smallest absolute Gasteiger partial charge is 0.343 e. The van der Waals surface area contributed by atoms with Crippen LogP contribution in [0.1, 0.15) is 35.3 Å². The van der Waals surface area contributed by atoms with Gasteiger partial charge < -0.3 is 15.8 Å². The Morgan fingerprint density at radius 1 is 1.35 bits per heavy atom. The SMILES string of the molecule is CCOC(=O)c1cnc(SC(C)C(=O)Nc2ccc(C)cc2C)nc1N. The molecule has 0 saturated carbocycles. The van der Waals surface area contributed by atoms with E-state index in [0.717, 1.165) is 28.6 Å². The van der Waals surface area contributed by atoms with Gasteiger partial charge in [-0.05, 0) is 39.3 Å². The number of anilines is 2. The molecule has 1 unspecified atom stereocenters. The minimum atomic E-state index is -0.567. The lowest BCUT2D eigenvalue weighted by molar-refractivity contribution is -0.115. The van der Waals surface area contributed by atoms with Crippen molar-refractivity contribution in [1.29, 1.82) is 0 Å². The summed E-state index contributed by atoms with van der Waals surface area (Å²) in [7, 11) is 0. The van der Waals surface area contributed by atoms with Crippen molar-refractivity contribution >= 4 is 35.1 Å². The Kier molecular flexibility index (Phi) is 6.57. The summed E-state index contributed by atoms with van der Waals surface area (Å²) in [6.45, 7) is 7.64. The van der Waals surface area contributed by atoms with E-state index in [9.17, 15) is 9.59 Å². The molecule has 1 aromatic heterocycles. The Morgan fingerprint density at radius 2 is 2.08 bits per heavy atom. The first-order valence-corrected chi connectivity index (χ1v) is 9.04. The van der Waals surface area contributed by atoms with Crippen molar-refractivity contribution in [3.05, 3.63) is 41.1 Å². The van der Waals surface area contributed by atoms with Gasteiger partial charge in [0.05, 0.1) is 11.9 Å². The number of aryl methyl sites for hydroxylation is 2. The first-order chi connectivity index (χ1) is 12.3. The van der Waals surface area contributed by atoms with Crippen LogP contribution in [0.3, 0.4) is 0 Å². The molecule has 1 aromatic carbocycles. The van der Waals surface area contributed by atoms with E-state index in [4.69, 9.17) is 10.5 Å². The monoisotopic (exact) mass is 374 g/mol. The van der Waals surface area contributed by atoms with Crippen LogP contribution in [0.15, 0.2) is 29.6 Å². The van der Waals surface area contributed by atoms with E-state index in [1.54, 1.807) is 13.8 Å². The first-order valence-electron chi connectivity index (χ1n) is 8.16. The van der Waals surface area contributed by atoms with Crippen molar-refractivity contribution in [3.8, 4) is 0 Å². The molecule has 0 radical (unpaired) electrons. The average molecular weight is 374 g/mol. The van der Waals surface area contributed by atoms with E-state index < -0.39 is 11.2 Å². The number of nitrogens with two attached hydrogens (primary N) is 1. The molecule has 2 rings (SSSR count). The van der Waals surface area contributed by atoms with Crippen LogP contribution in [-0.4, -0.2) is 33.7 Å². The van der Waals surface area contributed by atoms with Gasteiger partial charge in [0.2, 0.25) is 5.91 Å². The Labute approximate surface area is 156 Å². The molecule has 0 fully saturated rings. The molecular formula is C18H22N4O3S. The van der Waals surface area contributed by atoms with Crippen LogP contribution in [0.4, 0.5) is 11.5 Å². The van der Waals surface area contributed by atoms with Gasteiger partial charge in [-0.15, -0.1) is 0 Å². The maximum Gasteiger partial charge on any atom is 0.343 e. The highest BCUT2D eigenvalue weighted by molar-refractivity contribution is 8.00. The highest BCUT2D eigenvalue weighted by Gasteiger charge is 2.19. The molecular weight excluding hydrogens is 352 g/mol. The molecule has 1 heterocycles. The van der Waals surface area contributed by atoms with Gasteiger partial charge in [-0.1, -0.05) is 29.5 Å². The Hall–Kier alpha value is -2.61. The van der Waals surface area contributed by atoms with Crippen LogP contribution >= 0.6 is 11.8 Å². The number of rotatable bonds is 6. The highest BCUT2D eigenvalue weighted by atomic mass is 32.2. The van der Waals surface area contributed by atoms with Crippen molar-refractivity contribution in [1.82, 2.24) is 9.97 Å². The zero-order valence-electron chi connectivity index (χ0n) is 15.2. The zero-order chi connectivity index (χ0) is 19.3. The third-order valence-electron chi connectivity index (χ3n) is 3.58. The van der Waals surface area contributed by atoms with Gasteiger partial charge in [-0.2, -0.15) is 0 Å². The standard InChI is InChI=1S/C18H22N4O3S/c1-5-25-17(24)13-9-20-18(22-15(13)19)26-12(4)16(23)21-14-7-6-10(2)8-11(14)3/h6-9,12H,5H2,1-4H3,(H,21,23)(H2,19,20,22). The number of nitrogen functional groups attached to an aromatic ring is 1. The van der Waals surface area contributed by atoms with Crippen molar-refractivity contribution < 1.29 is 14.3 Å². The Balaban J connectivity index is 2.04. The van der Waals surface area contributed by atoms with Gasteiger partial charge in [0.15, 0.2) is 5.16 Å². The average Bonchev–Trinajstić information content (AvgIpc) is 2.57. The molecule has 7 nitrogen and oxygen atoms in total. The van der Waals surface area contributed by atoms with Gasteiger partial charge in [0, 0.05) is 11.9 Å². The largest absolute Gasteiger partial charge is 0.462 e. The minimum absolute atomic E-state index is 0.0305. The topological polar surface area (TPSA) is 107 Å². The first kappa shape index (κ1) is 19.7. The molecule has 2 aromatic rings. The molecule has 1 atom stereocenters. The third kappa shape index (κ3) is 4.95. The van der Waals surface area contributed by atoms with Gasteiger partial charge in [-0.25, -0.2) is 14.8 Å². The van der Waals surface area contributed by atoms with Crippen molar-refractivity contribution in [2.75, 3.05) is 17.7 Å². The van der Waals surface area contributed by atoms with E-state index in [2.05, 4.69) is 15.3 Å². The quantitative estimate of drug-likeness (QED) is 0.455. The zero-order valence-corrected chi connectivity index (χ0v) is 16.0. The normalized spacial score (nSPS) is 11.7. The number of carbonyl (C=O) groups excluding carboxylic acids is 2. The second-order valence-corrected chi connectivity index (χ2v) is 7.05. The molecule has 138 valence electrons. The van der Waals surface area contributed by atoms with Crippen LogP contribution in [0.25, 0.3) is 0 Å². The lowest BCUT2D eigenvalue weighted by atomic mass is 10.1. The summed E-state index contributed by atoms with van der Waals surface area (Å²) in [6.07, 6.45) is 1.32. The van der Waals surface area contributed by atoms with Crippen LogP contribution < -0.4 is 11.1 Å². The van der Waals surface area contributed by atoms with E-state index in [1.165, 1.54) is 6.20 Å². The number of nitrogens with one attached hydrogen (secondary N) is 1. The number of amides is 1. The third-order valence-corrected chi connectivity index (χ3v) is 4.56. The molecule has 0 aliphatic heterocycles. The Morgan fingerprint density at radius 3 is 2.69 bits per heavy atom. The lowest BCUT2D eigenvalue weighted by Crippen LogP contribution is -2.23. The summed E-state index contributed by atoms with van der Waals surface area (Å²) < 4.78 is 4.88. The number of esters is 1. The van der Waals surface area contributed by atoms with E-state index >= 15 is 0 Å². The fourth-order valence-electron chi connectivity index (χ4n) is 2.20. The fourth-order valence-corrected chi connectivity index (χ4v) is 2.95. The van der Waals surface area contributed by atoms with Crippen molar-refractivity contribution in [3.63, 3.8) is 0 Å². The number of aromatic nitrogens is 2. The van der Waals surface area contributed by atoms with E-state index in [0.29, 0.717) is 5.16 Å². The maximum absolute atomic E-state index is 12.4. The molecule has 0 aliphatic rings. The fraction of sp³-hybridized carbons (Fsp3) is 0.333. The van der Waals surface area contributed by atoms with Gasteiger partial charge in [0.25, 0.3) is 0 Å². The minimum Gasteiger partial charge on any atom is -0.462 e. The molecule has 26 heavy (non-hydrogen) atoms. The number of benzene rings is 1. The predicted octanol–water partition coefficient (Wildman–Crippen LogP) is 2.97. The second kappa shape index (κ2) is 8.66. The number of carbonyl (C=O) groups is 2. The Bertz CT molecular complexity index is 826. The van der Waals surface area contributed by atoms with Crippen LogP contribution in [-0.2, 0) is 9.53 Å². The number of thioether (sulfide) groups is 1. The summed E-state index contributed by atoms with van der Waals surface area (Å²) in [5.41, 5.74) is 8.81. The van der Waals surface area contributed by atoms with E-state index in [1.807, 2.05) is 32.0 Å². The molecule has 0 bridgehead atoms. The molecule has 0 saturated heterocycles. The number of hydrogen-bond donors (Lipinski definition) is 2. The number of hydrogen-bond acceptors (Lipinski definition) is 7. The van der Waals surface area contributed by atoms with Crippen LogP contribution in [0.2, 0.25) is 0 Å². The molecule has 8 heteroatoms. The van der Waals surface area contributed by atoms with Crippen molar-refractivity contribution in [2.45, 2.75) is 38.1 Å². The highest BCUT2D eigenvalue weighted by Crippen LogP contribution is 2.24. The number of nitrogens with zero attached hydrogens (tertiary/aromatic N) is 2. The van der Waals surface area contributed by atoms with Crippen LogP contribution in [0.5, 0.6) is 0 Å². The molecule has 3 N–H and O–H groups in total. The summed E-state index contributed by atoms with van der Waals surface area (Å²) in [5.74, 6) is -0.705. The van der Waals surface area contributed by atoms with Gasteiger partial charge in [0.1, 0.15) is 11.4 Å². The van der Waals surface area contributed by atoms with Gasteiger partial charge in [-0.3, -0.25) is 4.79 Å². The van der Waals surface area contributed by atoms with Crippen LogP contribution in [0, 0.1) is 13.8 Å². The number of ether oxygens (including phenoxy) is 1. The predicted molar refractivity (Wildman–Crippen MR) is 102 cm³/mol. The van der Waals surface area contributed by atoms with E-state index in [-0.39, 0.29) is 23.9 Å². The lowest BCUT2D eigenvalue weighted by Gasteiger charge is -2.13.